The van der Waals surface area contributed by atoms with Crippen molar-refractivity contribution >= 4 is 10.0 Å². The maximum atomic E-state index is 12.1. The first-order valence-corrected chi connectivity index (χ1v) is 8.74. The Balaban J connectivity index is 2.37. The summed E-state index contributed by atoms with van der Waals surface area (Å²) in [5, 5.41) is 0. The average molecular weight is 331 g/mol. The summed E-state index contributed by atoms with van der Waals surface area (Å²) in [5.74, 6) is 0.772. The zero-order chi connectivity index (χ0) is 16.4. The molecule has 0 aliphatic heterocycles. The molecule has 0 fully saturated rings. The molecule has 6 nitrogen and oxygen atoms in total. The van der Waals surface area contributed by atoms with Gasteiger partial charge in [0.2, 0.25) is 10.0 Å². The molecule has 0 saturated carbocycles. The van der Waals surface area contributed by atoms with E-state index in [1.807, 2.05) is 24.3 Å². The van der Waals surface area contributed by atoms with Crippen molar-refractivity contribution in [2.75, 3.05) is 53.4 Å². The molecule has 0 heterocycles. The van der Waals surface area contributed by atoms with E-state index in [0.29, 0.717) is 26.2 Å². The molecular weight excluding hydrogens is 306 g/mol. The normalized spacial score (nSPS) is 11.8. The third-order valence-corrected chi connectivity index (χ3v) is 5.08. The van der Waals surface area contributed by atoms with Gasteiger partial charge in [0, 0.05) is 20.7 Å². The molecule has 7 heteroatoms. The van der Waals surface area contributed by atoms with Crippen LogP contribution in [-0.2, 0) is 25.9 Å². The van der Waals surface area contributed by atoms with Gasteiger partial charge in [0.05, 0.1) is 32.7 Å². The van der Waals surface area contributed by atoms with Crippen LogP contribution in [0.5, 0.6) is 5.75 Å². The third kappa shape index (κ3) is 6.74. The Morgan fingerprint density at radius 3 is 2.32 bits per heavy atom. The molecular formula is C15H25NO5S. The summed E-state index contributed by atoms with van der Waals surface area (Å²) in [7, 11) is 1.50. The number of rotatable bonds is 11. The maximum absolute atomic E-state index is 12.1. The van der Waals surface area contributed by atoms with Gasteiger partial charge in [-0.3, -0.25) is 0 Å². The molecule has 0 unspecified atom stereocenters. The minimum Gasteiger partial charge on any atom is -0.497 e. The van der Waals surface area contributed by atoms with Crippen molar-refractivity contribution in [1.82, 2.24) is 4.31 Å². The van der Waals surface area contributed by atoms with Gasteiger partial charge >= 0.3 is 0 Å². The molecule has 0 radical (unpaired) electrons. The van der Waals surface area contributed by atoms with Crippen molar-refractivity contribution in [2.24, 2.45) is 0 Å². The minimum atomic E-state index is -3.29. The van der Waals surface area contributed by atoms with Gasteiger partial charge in [-0.2, -0.15) is 0 Å². The van der Waals surface area contributed by atoms with Crippen molar-refractivity contribution in [3.05, 3.63) is 29.8 Å². The second-order valence-corrected chi connectivity index (χ2v) is 7.04. The van der Waals surface area contributed by atoms with E-state index in [-0.39, 0.29) is 12.4 Å². The van der Waals surface area contributed by atoms with Crippen molar-refractivity contribution in [3.63, 3.8) is 0 Å². The first-order valence-electron chi connectivity index (χ1n) is 7.13. The van der Waals surface area contributed by atoms with E-state index in [2.05, 4.69) is 0 Å². The lowest BCUT2D eigenvalue weighted by molar-refractivity contribution is 0.0782. The van der Waals surface area contributed by atoms with Crippen LogP contribution in [0.25, 0.3) is 0 Å². The monoisotopic (exact) mass is 331 g/mol. The number of benzene rings is 1. The van der Waals surface area contributed by atoms with Crippen LogP contribution in [0, 0.1) is 0 Å². The molecule has 0 aromatic heterocycles. The SMILES string of the molecule is COCCOCCS(=O)(=O)N(C)CCc1ccc(OC)cc1. The van der Waals surface area contributed by atoms with Gasteiger partial charge in [-0.05, 0) is 24.1 Å². The molecule has 0 saturated heterocycles. The van der Waals surface area contributed by atoms with Gasteiger partial charge in [0.25, 0.3) is 0 Å². The topological polar surface area (TPSA) is 65.1 Å². The quantitative estimate of drug-likeness (QED) is 0.569. The first kappa shape index (κ1) is 18.9. The molecule has 1 rings (SSSR count). The van der Waals surface area contributed by atoms with Gasteiger partial charge in [-0.15, -0.1) is 0 Å². The van der Waals surface area contributed by atoms with Crippen molar-refractivity contribution < 1.29 is 22.6 Å². The highest BCUT2D eigenvalue weighted by molar-refractivity contribution is 7.89. The summed E-state index contributed by atoms with van der Waals surface area (Å²) in [6, 6.07) is 7.61. The largest absolute Gasteiger partial charge is 0.497 e. The molecule has 22 heavy (non-hydrogen) atoms. The Labute approximate surface area is 133 Å². The summed E-state index contributed by atoms with van der Waals surface area (Å²) < 4.78 is 40.7. The Bertz CT molecular complexity index is 515. The number of hydrogen-bond acceptors (Lipinski definition) is 5. The molecule has 0 atom stereocenters. The molecule has 0 amide bonds. The lowest BCUT2D eigenvalue weighted by Crippen LogP contribution is -2.32. The first-order chi connectivity index (χ1) is 10.5. The highest BCUT2D eigenvalue weighted by Gasteiger charge is 2.17. The molecule has 0 N–H and O–H groups in total. The summed E-state index contributed by atoms with van der Waals surface area (Å²) in [6.45, 7) is 1.49. The second kappa shape index (κ2) is 9.78. The van der Waals surface area contributed by atoms with E-state index in [4.69, 9.17) is 14.2 Å². The molecule has 0 aliphatic rings. The van der Waals surface area contributed by atoms with Gasteiger partial charge < -0.3 is 14.2 Å². The summed E-state index contributed by atoms with van der Waals surface area (Å²) in [4.78, 5) is 0. The molecule has 126 valence electrons. The Hall–Kier alpha value is -1.15. The van der Waals surface area contributed by atoms with Crippen LogP contribution in [0.2, 0.25) is 0 Å². The van der Waals surface area contributed by atoms with E-state index >= 15 is 0 Å². The number of hydrogen-bond donors (Lipinski definition) is 0. The van der Waals surface area contributed by atoms with E-state index in [0.717, 1.165) is 11.3 Å². The van der Waals surface area contributed by atoms with Crippen LogP contribution in [0.15, 0.2) is 24.3 Å². The smallest absolute Gasteiger partial charge is 0.216 e. The summed E-state index contributed by atoms with van der Waals surface area (Å²) in [6.07, 6.45) is 0.657. The van der Waals surface area contributed by atoms with E-state index in [1.54, 1.807) is 21.3 Å². The Kier molecular flexibility index (Phi) is 8.40. The fraction of sp³-hybridized carbons (Fsp3) is 0.600. The fourth-order valence-electron chi connectivity index (χ4n) is 1.78. The molecule has 0 bridgehead atoms. The number of ether oxygens (including phenoxy) is 3. The number of nitrogens with zero attached hydrogens (tertiary/aromatic N) is 1. The van der Waals surface area contributed by atoms with Crippen LogP contribution in [-0.4, -0.2) is 66.1 Å². The highest BCUT2D eigenvalue weighted by Crippen LogP contribution is 2.12. The lowest BCUT2D eigenvalue weighted by Gasteiger charge is -2.17. The molecule has 0 aliphatic carbocycles. The van der Waals surface area contributed by atoms with Crippen LogP contribution >= 0.6 is 0 Å². The van der Waals surface area contributed by atoms with Gasteiger partial charge in [-0.1, -0.05) is 12.1 Å². The lowest BCUT2D eigenvalue weighted by atomic mass is 10.1. The molecule has 1 aromatic rings. The number of methoxy groups -OCH3 is 2. The van der Waals surface area contributed by atoms with Crippen LogP contribution < -0.4 is 4.74 Å². The predicted molar refractivity (Wildman–Crippen MR) is 85.8 cm³/mol. The van der Waals surface area contributed by atoms with E-state index in [1.165, 1.54) is 4.31 Å². The zero-order valence-electron chi connectivity index (χ0n) is 13.4. The van der Waals surface area contributed by atoms with Crippen molar-refractivity contribution in [1.29, 1.82) is 0 Å². The number of sulfonamides is 1. The third-order valence-electron chi connectivity index (χ3n) is 3.27. The molecule has 1 aromatic carbocycles. The number of likely N-dealkylation sites (N-methyl/N-ethyl adjacent to an activating group) is 1. The Morgan fingerprint density at radius 2 is 1.73 bits per heavy atom. The van der Waals surface area contributed by atoms with E-state index < -0.39 is 10.0 Å². The zero-order valence-corrected chi connectivity index (χ0v) is 14.3. The standard InChI is InChI=1S/C15H25NO5S/c1-16(22(17,18)13-12-21-11-10-19-2)9-8-14-4-6-15(20-3)7-5-14/h4-7H,8-13H2,1-3H3. The highest BCUT2D eigenvalue weighted by atomic mass is 32.2. The predicted octanol–water partition coefficient (Wildman–Crippen LogP) is 1.16. The maximum Gasteiger partial charge on any atom is 0.216 e. The fourth-order valence-corrected chi connectivity index (χ4v) is 2.79. The minimum absolute atomic E-state index is 0.0180. The van der Waals surface area contributed by atoms with E-state index in [9.17, 15) is 8.42 Å². The summed E-state index contributed by atoms with van der Waals surface area (Å²) in [5.41, 5.74) is 1.07. The summed E-state index contributed by atoms with van der Waals surface area (Å²) >= 11 is 0. The van der Waals surface area contributed by atoms with Crippen LogP contribution in [0.4, 0.5) is 0 Å². The Morgan fingerprint density at radius 1 is 1.05 bits per heavy atom. The van der Waals surface area contributed by atoms with Gasteiger partial charge in [0.15, 0.2) is 0 Å². The van der Waals surface area contributed by atoms with Crippen LogP contribution in [0.1, 0.15) is 5.56 Å². The van der Waals surface area contributed by atoms with Crippen molar-refractivity contribution in [3.8, 4) is 5.75 Å². The van der Waals surface area contributed by atoms with Gasteiger partial charge in [-0.25, -0.2) is 12.7 Å². The second-order valence-electron chi connectivity index (χ2n) is 4.84. The average Bonchev–Trinajstić information content (AvgIpc) is 2.52. The molecule has 0 spiro atoms. The van der Waals surface area contributed by atoms with Gasteiger partial charge in [0.1, 0.15) is 5.75 Å². The van der Waals surface area contributed by atoms with Crippen molar-refractivity contribution in [2.45, 2.75) is 6.42 Å². The van der Waals surface area contributed by atoms with Crippen LogP contribution in [0.3, 0.4) is 0 Å².